The van der Waals surface area contributed by atoms with Crippen LogP contribution in [0.1, 0.15) is 82.5 Å². The third-order valence-corrected chi connectivity index (χ3v) is 9.71. The second-order valence-corrected chi connectivity index (χ2v) is 13.4. The van der Waals surface area contributed by atoms with Gasteiger partial charge in [-0.05, 0) is 107 Å². The number of carbonyl (C=O) groups is 2. The Morgan fingerprint density at radius 1 is 1.19 bits per heavy atom. The van der Waals surface area contributed by atoms with Crippen molar-refractivity contribution in [1.82, 2.24) is 10.2 Å². The molecule has 5 fully saturated rings. The fourth-order valence-corrected chi connectivity index (χ4v) is 8.05. The van der Waals surface area contributed by atoms with E-state index in [1.165, 1.54) is 0 Å². The van der Waals surface area contributed by atoms with Crippen LogP contribution in [0.3, 0.4) is 0 Å². The molecule has 5 unspecified atom stereocenters. The third kappa shape index (κ3) is 5.40. The lowest BCUT2D eigenvalue weighted by atomic mass is 9.46. The Kier molecular flexibility index (Phi) is 7.07. The smallest absolute Gasteiger partial charge is 0.251 e. The van der Waals surface area contributed by atoms with Gasteiger partial charge in [-0.3, -0.25) is 9.59 Å². The van der Waals surface area contributed by atoms with Crippen LogP contribution in [0.5, 0.6) is 5.75 Å². The van der Waals surface area contributed by atoms with Crippen molar-refractivity contribution >= 4 is 11.8 Å². The van der Waals surface area contributed by atoms with Crippen LogP contribution < -0.4 is 10.1 Å². The molecule has 37 heavy (non-hydrogen) atoms. The molecule has 1 heterocycles. The quantitative estimate of drug-likeness (QED) is 0.493. The standard InChI is InChI=1S/C30H44N2O5/c1-28(2,19-33)27(35)32-10-7-20(8-11-32)9-12-37-24-6-4-5-22(14-24)26(34)31-25-23-13-21-15-29(25,3)18-30(36,16-21)17-23/h4-6,14,20-21,23,25,33,36H,7-13,15-19H2,1-3H3,(H,31,34). The van der Waals surface area contributed by atoms with Crippen molar-refractivity contribution < 1.29 is 24.5 Å². The average Bonchev–Trinajstić information content (AvgIpc) is 2.85. The molecule has 0 spiro atoms. The summed E-state index contributed by atoms with van der Waals surface area (Å²) in [5.41, 5.74) is -0.664. The molecule has 4 aliphatic carbocycles. The Bertz CT molecular complexity index is 1020. The second-order valence-electron chi connectivity index (χ2n) is 13.4. The molecule has 1 aliphatic heterocycles. The van der Waals surface area contributed by atoms with Gasteiger partial charge in [0.1, 0.15) is 5.75 Å². The number of carbonyl (C=O) groups excluding carboxylic acids is 2. The first-order valence-corrected chi connectivity index (χ1v) is 14.2. The number of nitrogens with one attached hydrogen (secondary N) is 1. The number of amides is 2. The summed E-state index contributed by atoms with van der Waals surface area (Å²) < 4.78 is 6.04. The summed E-state index contributed by atoms with van der Waals surface area (Å²) in [4.78, 5) is 27.7. The van der Waals surface area contributed by atoms with Crippen LogP contribution in [0.2, 0.25) is 0 Å². The molecule has 0 aromatic heterocycles. The van der Waals surface area contributed by atoms with Gasteiger partial charge in [0, 0.05) is 24.7 Å². The topological polar surface area (TPSA) is 99.1 Å². The van der Waals surface area contributed by atoms with Crippen molar-refractivity contribution in [2.45, 2.75) is 83.8 Å². The van der Waals surface area contributed by atoms with E-state index in [4.69, 9.17) is 4.74 Å². The van der Waals surface area contributed by atoms with Gasteiger partial charge in [-0.15, -0.1) is 0 Å². The highest BCUT2D eigenvalue weighted by Crippen LogP contribution is 2.61. The molecule has 204 valence electrons. The zero-order chi connectivity index (χ0) is 26.4. The Balaban J connectivity index is 1.10. The van der Waals surface area contributed by atoms with E-state index in [1.807, 2.05) is 29.2 Å². The lowest BCUT2D eigenvalue weighted by Gasteiger charge is -2.63. The fraction of sp³-hybridized carbons (Fsp3) is 0.733. The zero-order valence-electron chi connectivity index (χ0n) is 22.7. The molecule has 1 aromatic carbocycles. The summed E-state index contributed by atoms with van der Waals surface area (Å²) in [6, 6.07) is 7.56. The molecule has 6 rings (SSSR count). The highest BCUT2D eigenvalue weighted by molar-refractivity contribution is 5.94. The number of hydrogen-bond donors (Lipinski definition) is 3. The number of ether oxygens (including phenoxy) is 1. The number of benzene rings is 1. The van der Waals surface area contributed by atoms with Crippen molar-refractivity contribution in [2.75, 3.05) is 26.3 Å². The van der Waals surface area contributed by atoms with Crippen LogP contribution in [0.15, 0.2) is 24.3 Å². The molecule has 5 atom stereocenters. The minimum absolute atomic E-state index is 0.0262. The minimum atomic E-state index is -0.720. The van der Waals surface area contributed by atoms with E-state index in [2.05, 4.69) is 12.2 Å². The number of aliphatic hydroxyl groups excluding tert-OH is 1. The predicted octanol–water partition coefficient (Wildman–Crippen LogP) is 3.77. The van der Waals surface area contributed by atoms with Crippen LogP contribution >= 0.6 is 0 Å². The molecule has 7 nitrogen and oxygen atoms in total. The Morgan fingerprint density at radius 3 is 2.62 bits per heavy atom. The monoisotopic (exact) mass is 512 g/mol. The first-order valence-electron chi connectivity index (χ1n) is 14.2. The maximum Gasteiger partial charge on any atom is 0.251 e. The highest BCUT2D eigenvalue weighted by atomic mass is 16.5. The first kappa shape index (κ1) is 26.5. The predicted molar refractivity (Wildman–Crippen MR) is 141 cm³/mol. The van der Waals surface area contributed by atoms with E-state index in [-0.39, 0.29) is 29.9 Å². The number of piperidine rings is 1. The maximum atomic E-state index is 13.2. The van der Waals surface area contributed by atoms with Crippen molar-refractivity contribution in [2.24, 2.45) is 28.6 Å². The Labute approximate surface area is 221 Å². The zero-order valence-corrected chi connectivity index (χ0v) is 22.7. The van der Waals surface area contributed by atoms with Gasteiger partial charge in [0.05, 0.1) is 24.2 Å². The molecule has 0 radical (unpaired) electrons. The SMILES string of the molecule is CC(C)(CO)C(=O)N1CCC(CCOc2cccc(C(=O)NC3C4CC5CC(O)(C4)CC3(C)C5)c2)CC1. The van der Waals surface area contributed by atoms with Crippen LogP contribution in [0.25, 0.3) is 0 Å². The third-order valence-electron chi connectivity index (χ3n) is 9.71. The summed E-state index contributed by atoms with van der Waals surface area (Å²) in [6.45, 7) is 7.71. The molecule has 4 bridgehead atoms. The summed E-state index contributed by atoms with van der Waals surface area (Å²) in [5, 5.41) is 23.8. The van der Waals surface area contributed by atoms with E-state index in [9.17, 15) is 19.8 Å². The molecule has 7 heteroatoms. The van der Waals surface area contributed by atoms with Crippen molar-refractivity contribution in [1.29, 1.82) is 0 Å². The van der Waals surface area contributed by atoms with Gasteiger partial charge in [0.15, 0.2) is 0 Å². The summed E-state index contributed by atoms with van der Waals surface area (Å²) >= 11 is 0. The van der Waals surface area contributed by atoms with Crippen LogP contribution in [0.4, 0.5) is 0 Å². The van der Waals surface area contributed by atoms with Crippen LogP contribution in [0, 0.1) is 28.6 Å². The number of rotatable bonds is 8. The lowest BCUT2D eigenvalue weighted by molar-refractivity contribution is -0.172. The van der Waals surface area contributed by atoms with Crippen molar-refractivity contribution in [3.63, 3.8) is 0 Å². The van der Waals surface area contributed by atoms with Gasteiger partial charge in [-0.2, -0.15) is 0 Å². The summed E-state index contributed by atoms with van der Waals surface area (Å²) in [5.74, 6) is 2.12. The molecule has 3 N–H and O–H groups in total. The summed E-state index contributed by atoms with van der Waals surface area (Å²) in [7, 11) is 0. The van der Waals surface area contributed by atoms with Crippen LogP contribution in [-0.2, 0) is 4.79 Å². The van der Waals surface area contributed by atoms with Gasteiger partial charge in [0.25, 0.3) is 5.91 Å². The van der Waals surface area contributed by atoms with Gasteiger partial charge >= 0.3 is 0 Å². The lowest BCUT2D eigenvalue weighted by Crippen LogP contribution is -2.66. The molecule has 5 aliphatic rings. The van der Waals surface area contributed by atoms with E-state index in [1.54, 1.807) is 13.8 Å². The van der Waals surface area contributed by atoms with Gasteiger partial charge < -0.3 is 25.2 Å². The van der Waals surface area contributed by atoms with E-state index < -0.39 is 11.0 Å². The minimum Gasteiger partial charge on any atom is -0.494 e. The number of likely N-dealkylation sites (tertiary alicyclic amines) is 1. The van der Waals surface area contributed by atoms with E-state index in [0.29, 0.717) is 35.7 Å². The molecule has 1 saturated heterocycles. The van der Waals surface area contributed by atoms with E-state index >= 15 is 0 Å². The largest absolute Gasteiger partial charge is 0.494 e. The number of hydrogen-bond acceptors (Lipinski definition) is 5. The van der Waals surface area contributed by atoms with E-state index in [0.717, 1.165) is 64.5 Å². The fourth-order valence-electron chi connectivity index (χ4n) is 8.05. The molecule has 2 amide bonds. The Morgan fingerprint density at radius 2 is 1.95 bits per heavy atom. The molecular weight excluding hydrogens is 468 g/mol. The number of nitrogens with zero attached hydrogens (tertiary/aromatic N) is 1. The van der Waals surface area contributed by atoms with Gasteiger partial charge in [0.2, 0.25) is 5.91 Å². The second kappa shape index (κ2) is 9.88. The van der Waals surface area contributed by atoms with Crippen molar-refractivity contribution in [3.05, 3.63) is 29.8 Å². The molecule has 4 saturated carbocycles. The van der Waals surface area contributed by atoms with Gasteiger partial charge in [-0.25, -0.2) is 0 Å². The normalized spacial score (nSPS) is 33.4. The van der Waals surface area contributed by atoms with Crippen LogP contribution in [-0.4, -0.2) is 64.9 Å². The highest BCUT2D eigenvalue weighted by Gasteiger charge is 2.60. The van der Waals surface area contributed by atoms with Gasteiger partial charge in [-0.1, -0.05) is 13.0 Å². The molecule has 1 aromatic rings. The first-order chi connectivity index (χ1) is 17.5. The average molecular weight is 513 g/mol. The molecular formula is C30H44N2O5. The Hall–Kier alpha value is -2.12. The van der Waals surface area contributed by atoms with Crippen molar-refractivity contribution in [3.8, 4) is 5.75 Å². The summed E-state index contributed by atoms with van der Waals surface area (Å²) in [6.07, 6.45) is 7.51. The maximum absolute atomic E-state index is 13.2. The number of aliphatic hydroxyl groups is 2.